The molecule has 0 aromatic carbocycles. The molecule has 1 heterocycles. The molecule has 1 aromatic rings. The third-order valence-electron chi connectivity index (χ3n) is 1.25. The van der Waals surface area contributed by atoms with Crippen molar-refractivity contribution in [1.82, 2.24) is 20.2 Å². The molecule has 1 aromatic heterocycles. The summed E-state index contributed by atoms with van der Waals surface area (Å²) in [6, 6.07) is 0.361. The fourth-order valence-corrected chi connectivity index (χ4v) is 1.48. The van der Waals surface area contributed by atoms with Crippen molar-refractivity contribution >= 4 is 28.9 Å². The van der Waals surface area contributed by atoms with Crippen LogP contribution in [0, 0.1) is 0 Å². The normalized spacial score (nSPS) is 10.1. The van der Waals surface area contributed by atoms with Crippen molar-refractivity contribution in [3.05, 3.63) is 11.1 Å². The molecule has 0 unspecified atom stereocenters. The van der Waals surface area contributed by atoms with E-state index in [-0.39, 0.29) is 0 Å². The highest BCUT2D eigenvalue weighted by Crippen LogP contribution is 1.99. The van der Waals surface area contributed by atoms with Crippen LogP contribution in [-0.4, -0.2) is 20.7 Å². The van der Waals surface area contributed by atoms with Crippen molar-refractivity contribution in [3.8, 4) is 0 Å². The Labute approximate surface area is 86.9 Å². The lowest BCUT2D eigenvalue weighted by molar-refractivity contribution is 0.713. The number of hydrogen-bond acceptors (Lipinski definition) is 4. The van der Waals surface area contributed by atoms with E-state index in [1.165, 1.54) is 11.5 Å². The lowest BCUT2D eigenvalue weighted by Gasteiger charge is -2.11. The maximum atomic E-state index is 5.04. The third-order valence-corrected chi connectivity index (χ3v) is 2.17. The quantitative estimate of drug-likeness (QED) is 0.736. The molecule has 0 amide bonds. The van der Waals surface area contributed by atoms with Gasteiger partial charge in [-0.2, -0.15) is 0 Å². The van der Waals surface area contributed by atoms with Gasteiger partial charge in [-0.05, 0) is 37.6 Å². The van der Waals surface area contributed by atoms with Crippen LogP contribution in [0.2, 0.25) is 0 Å². The zero-order chi connectivity index (χ0) is 9.68. The minimum absolute atomic E-state index is 0.361. The number of hydrogen-bond donors (Lipinski definition) is 2. The summed E-state index contributed by atoms with van der Waals surface area (Å²) in [6.45, 7) is 4.78. The van der Waals surface area contributed by atoms with E-state index in [2.05, 4.69) is 20.2 Å². The molecule has 4 nitrogen and oxygen atoms in total. The van der Waals surface area contributed by atoms with E-state index in [0.29, 0.717) is 17.7 Å². The van der Waals surface area contributed by atoms with Gasteiger partial charge in [0, 0.05) is 6.04 Å². The molecule has 2 N–H and O–H groups in total. The summed E-state index contributed by atoms with van der Waals surface area (Å²) in [5.41, 5.74) is 0. The van der Waals surface area contributed by atoms with E-state index in [0.717, 1.165) is 4.88 Å². The van der Waals surface area contributed by atoms with Crippen molar-refractivity contribution in [2.75, 3.05) is 0 Å². The lowest BCUT2D eigenvalue weighted by Crippen LogP contribution is -2.38. The summed E-state index contributed by atoms with van der Waals surface area (Å²) in [7, 11) is 0. The highest BCUT2D eigenvalue weighted by atomic mass is 32.1. The van der Waals surface area contributed by atoms with Gasteiger partial charge in [-0.1, -0.05) is 4.49 Å². The molecule has 0 bridgehead atoms. The second kappa shape index (κ2) is 5.08. The van der Waals surface area contributed by atoms with Crippen LogP contribution in [0.1, 0.15) is 18.7 Å². The third kappa shape index (κ3) is 4.14. The molecule has 0 saturated carbocycles. The monoisotopic (exact) mass is 216 g/mol. The van der Waals surface area contributed by atoms with Crippen LogP contribution >= 0.6 is 23.8 Å². The fraction of sp³-hybridized carbons (Fsp3) is 0.571. The van der Waals surface area contributed by atoms with Gasteiger partial charge in [0.2, 0.25) is 0 Å². The first kappa shape index (κ1) is 10.3. The van der Waals surface area contributed by atoms with Gasteiger partial charge in [-0.25, -0.2) is 0 Å². The predicted octanol–water partition coefficient (Wildman–Crippen LogP) is 0.911. The molecule has 13 heavy (non-hydrogen) atoms. The Kier molecular flexibility index (Phi) is 4.04. The van der Waals surface area contributed by atoms with Crippen LogP contribution in [0.4, 0.5) is 0 Å². The molecule has 0 saturated heterocycles. The average Bonchev–Trinajstić information content (AvgIpc) is 2.51. The summed E-state index contributed by atoms with van der Waals surface area (Å²) < 4.78 is 3.75. The topological polar surface area (TPSA) is 49.8 Å². The summed E-state index contributed by atoms with van der Waals surface area (Å²) in [5.74, 6) is 0. The number of nitrogens with zero attached hydrogens (tertiary/aromatic N) is 2. The first-order valence-electron chi connectivity index (χ1n) is 3.99. The van der Waals surface area contributed by atoms with Crippen LogP contribution < -0.4 is 10.6 Å². The Morgan fingerprint density at radius 3 is 3.00 bits per heavy atom. The van der Waals surface area contributed by atoms with Gasteiger partial charge in [0.05, 0.1) is 17.6 Å². The van der Waals surface area contributed by atoms with Crippen molar-refractivity contribution in [2.24, 2.45) is 0 Å². The van der Waals surface area contributed by atoms with E-state index in [1.807, 2.05) is 13.8 Å². The smallest absolute Gasteiger partial charge is 0.166 e. The molecule has 0 spiro atoms. The highest BCUT2D eigenvalue weighted by molar-refractivity contribution is 7.80. The maximum absolute atomic E-state index is 5.04. The molecule has 0 aliphatic heterocycles. The Morgan fingerprint density at radius 1 is 1.69 bits per heavy atom. The van der Waals surface area contributed by atoms with E-state index >= 15 is 0 Å². The summed E-state index contributed by atoms with van der Waals surface area (Å²) in [5, 5.41) is 10.6. The van der Waals surface area contributed by atoms with Gasteiger partial charge in [0.1, 0.15) is 0 Å². The van der Waals surface area contributed by atoms with Gasteiger partial charge in [0.25, 0.3) is 0 Å². The Hall–Kier alpha value is -0.750. The Bertz CT molecular complexity index is 257. The van der Waals surface area contributed by atoms with Gasteiger partial charge in [-0.15, -0.1) is 5.10 Å². The van der Waals surface area contributed by atoms with E-state index in [4.69, 9.17) is 12.2 Å². The first-order valence-corrected chi connectivity index (χ1v) is 5.17. The van der Waals surface area contributed by atoms with Gasteiger partial charge >= 0.3 is 0 Å². The van der Waals surface area contributed by atoms with Crippen LogP contribution in [0.15, 0.2) is 6.20 Å². The second-order valence-electron chi connectivity index (χ2n) is 2.87. The molecule has 0 aliphatic carbocycles. The van der Waals surface area contributed by atoms with Crippen LogP contribution in [-0.2, 0) is 6.54 Å². The molecule has 0 fully saturated rings. The minimum Gasteiger partial charge on any atom is -0.361 e. The van der Waals surface area contributed by atoms with Crippen molar-refractivity contribution in [3.63, 3.8) is 0 Å². The molecular formula is C7H12N4S2. The maximum Gasteiger partial charge on any atom is 0.166 e. The molecule has 0 aliphatic rings. The van der Waals surface area contributed by atoms with Gasteiger partial charge in [0.15, 0.2) is 5.11 Å². The molecule has 0 atom stereocenters. The summed E-state index contributed by atoms with van der Waals surface area (Å²) in [6.07, 6.45) is 1.73. The van der Waals surface area contributed by atoms with Crippen molar-refractivity contribution in [1.29, 1.82) is 0 Å². The van der Waals surface area contributed by atoms with Gasteiger partial charge < -0.3 is 10.6 Å². The molecular weight excluding hydrogens is 204 g/mol. The van der Waals surface area contributed by atoms with Crippen molar-refractivity contribution < 1.29 is 0 Å². The SMILES string of the molecule is CC(C)NC(=S)NCc1cnns1. The number of aromatic nitrogens is 2. The Morgan fingerprint density at radius 2 is 2.46 bits per heavy atom. The molecule has 72 valence electrons. The molecule has 1 rings (SSSR count). The fourth-order valence-electron chi connectivity index (χ4n) is 0.746. The summed E-state index contributed by atoms with van der Waals surface area (Å²) >= 11 is 6.42. The van der Waals surface area contributed by atoms with E-state index in [9.17, 15) is 0 Å². The van der Waals surface area contributed by atoms with Crippen LogP contribution in [0.3, 0.4) is 0 Å². The van der Waals surface area contributed by atoms with Gasteiger partial charge in [-0.3, -0.25) is 0 Å². The van der Waals surface area contributed by atoms with E-state index < -0.39 is 0 Å². The van der Waals surface area contributed by atoms with Crippen molar-refractivity contribution in [2.45, 2.75) is 26.4 Å². The second-order valence-corrected chi connectivity index (χ2v) is 4.14. The first-order chi connectivity index (χ1) is 6.18. The zero-order valence-electron chi connectivity index (χ0n) is 7.57. The number of nitrogens with one attached hydrogen (secondary N) is 2. The summed E-state index contributed by atoms with van der Waals surface area (Å²) in [4.78, 5) is 1.08. The lowest BCUT2D eigenvalue weighted by atomic mass is 10.4. The number of rotatable bonds is 3. The largest absolute Gasteiger partial charge is 0.361 e. The minimum atomic E-state index is 0.361. The van der Waals surface area contributed by atoms with Crippen LogP contribution in [0.5, 0.6) is 0 Å². The standard InChI is InChI=1S/C7H12N4S2/c1-5(2)10-7(12)8-3-6-4-9-11-13-6/h4-5H,3H2,1-2H3,(H2,8,10,12). The predicted molar refractivity (Wildman–Crippen MR) is 57.6 cm³/mol. The Balaban J connectivity index is 2.23. The average molecular weight is 216 g/mol. The zero-order valence-corrected chi connectivity index (χ0v) is 9.21. The molecule has 6 heteroatoms. The van der Waals surface area contributed by atoms with Crippen LogP contribution in [0.25, 0.3) is 0 Å². The molecule has 0 radical (unpaired) electrons. The van der Waals surface area contributed by atoms with E-state index in [1.54, 1.807) is 6.20 Å². The number of thiocarbonyl (C=S) groups is 1. The highest BCUT2D eigenvalue weighted by Gasteiger charge is 1.99.